The molecule has 0 radical (unpaired) electrons. The summed E-state index contributed by atoms with van der Waals surface area (Å²) < 4.78 is 4.93. The average Bonchev–Trinajstić information content (AvgIpc) is 2.83. The third-order valence-electron chi connectivity index (χ3n) is 3.53. The molecule has 0 saturated carbocycles. The third-order valence-corrected chi connectivity index (χ3v) is 3.53. The average molecular weight is 222 g/mol. The van der Waals surface area contributed by atoms with E-state index in [0.717, 1.165) is 25.9 Å². The number of likely N-dealkylation sites (tertiary alicyclic amines) is 1. The summed E-state index contributed by atoms with van der Waals surface area (Å²) in [6.45, 7) is 3.81. The standard InChI is InChI=1S/C12H18N2O2/c1-12(13-2)4-6-14(7-5-12)11(15)10-3-8-16-9-10/h3,8-9,13H,4-7H2,1-2H3. The molecule has 1 amide bonds. The molecule has 1 saturated heterocycles. The zero-order chi connectivity index (χ0) is 11.6. The first-order chi connectivity index (χ1) is 7.64. The van der Waals surface area contributed by atoms with E-state index >= 15 is 0 Å². The number of amides is 1. The Morgan fingerprint density at radius 3 is 2.69 bits per heavy atom. The van der Waals surface area contributed by atoms with Crippen LogP contribution in [0.1, 0.15) is 30.1 Å². The Bertz CT molecular complexity index is 351. The molecular formula is C12H18N2O2. The number of hydrogen-bond acceptors (Lipinski definition) is 3. The number of carbonyl (C=O) groups excluding carboxylic acids is 1. The van der Waals surface area contributed by atoms with Gasteiger partial charge in [0, 0.05) is 18.6 Å². The van der Waals surface area contributed by atoms with Gasteiger partial charge in [-0.05, 0) is 32.9 Å². The van der Waals surface area contributed by atoms with Crippen LogP contribution in [0.2, 0.25) is 0 Å². The van der Waals surface area contributed by atoms with E-state index in [1.807, 2.05) is 11.9 Å². The zero-order valence-electron chi connectivity index (χ0n) is 9.82. The summed E-state index contributed by atoms with van der Waals surface area (Å²) >= 11 is 0. The SMILES string of the molecule is CNC1(C)CCN(C(=O)c2ccoc2)CC1. The highest BCUT2D eigenvalue weighted by molar-refractivity contribution is 5.93. The first-order valence-corrected chi connectivity index (χ1v) is 5.65. The van der Waals surface area contributed by atoms with Crippen molar-refractivity contribution in [1.29, 1.82) is 0 Å². The number of carbonyl (C=O) groups is 1. The van der Waals surface area contributed by atoms with Gasteiger partial charge in [0.2, 0.25) is 0 Å². The zero-order valence-corrected chi connectivity index (χ0v) is 9.82. The van der Waals surface area contributed by atoms with Gasteiger partial charge in [0.25, 0.3) is 5.91 Å². The van der Waals surface area contributed by atoms with Crippen LogP contribution in [0.5, 0.6) is 0 Å². The molecule has 1 aliphatic rings. The second-order valence-electron chi connectivity index (χ2n) is 4.61. The summed E-state index contributed by atoms with van der Waals surface area (Å²) in [4.78, 5) is 13.9. The molecule has 1 aliphatic heterocycles. The largest absolute Gasteiger partial charge is 0.472 e. The van der Waals surface area contributed by atoms with Gasteiger partial charge < -0.3 is 14.6 Å². The van der Waals surface area contributed by atoms with E-state index < -0.39 is 0 Å². The Kier molecular flexibility index (Phi) is 3.01. The minimum absolute atomic E-state index is 0.0758. The Labute approximate surface area is 95.6 Å². The number of nitrogens with zero attached hydrogens (tertiary/aromatic N) is 1. The van der Waals surface area contributed by atoms with Crippen LogP contribution in [0.15, 0.2) is 23.0 Å². The highest BCUT2D eigenvalue weighted by atomic mass is 16.3. The normalized spacial score (nSPS) is 19.8. The Morgan fingerprint density at radius 2 is 2.19 bits per heavy atom. The predicted octanol–water partition coefficient (Wildman–Crippen LogP) is 1.49. The van der Waals surface area contributed by atoms with Crippen LogP contribution in [0, 0.1) is 0 Å². The maximum absolute atomic E-state index is 12.0. The molecule has 16 heavy (non-hydrogen) atoms. The number of furan rings is 1. The van der Waals surface area contributed by atoms with Crippen molar-refractivity contribution in [3.05, 3.63) is 24.2 Å². The van der Waals surface area contributed by atoms with Crippen LogP contribution in [0.4, 0.5) is 0 Å². The number of hydrogen-bond donors (Lipinski definition) is 1. The number of nitrogens with one attached hydrogen (secondary N) is 1. The quantitative estimate of drug-likeness (QED) is 0.824. The van der Waals surface area contributed by atoms with E-state index in [4.69, 9.17) is 4.42 Å². The molecular weight excluding hydrogens is 204 g/mol. The molecule has 1 fully saturated rings. The van der Waals surface area contributed by atoms with Gasteiger partial charge in [-0.15, -0.1) is 0 Å². The lowest BCUT2D eigenvalue weighted by atomic mass is 9.90. The molecule has 0 atom stereocenters. The summed E-state index contributed by atoms with van der Waals surface area (Å²) in [5, 5.41) is 3.32. The molecule has 0 unspecified atom stereocenters. The van der Waals surface area contributed by atoms with Gasteiger partial charge in [-0.2, -0.15) is 0 Å². The Hall–Kier alpha value is -1.29. The second kappa shape index (κ2) is 4.29. The maximum Gasteiger partial charge on any atom is 0.257 e. The fourth-order valence-electron chi connectivity index (χ4n) is 2.02. The summed E-state index contributed by atoms with van der Waals surface area (Å²) in [5.41, 5.74) is 0.820. The fourth-order valence-corrected chi connectivity index (χ4v) is 2.02. The van der Waals surface area contributed by atoms with Crippen molar-refractivity contribution in [3.8, 4) is 0 Å². The van der Waals surface area contributed by atoms with E-state index in [-0.39, 0.29) is 11.4 Å². The first kappa shape index (κ1) is 11.2. The minimum Gasteiger partial charge on any atom is -0.472 e. The fraction of sp³-hybridized carbons (Fsp3) is 0.583. The van der Waals surface area contributed by atoms with Crippen LogP contribution in [-0.4, -0.2) is 36.5 Å². The molecule has 2 heterocycles. The van der Waals surface area contributed by atoms with Gasteiger partial charge >= 0.3 is 0 Å². The third kappa shape index (κ3) is 2.11. The molecule has 1 aromatic heterocycles. The lowest BCUT2D eigenvalue weighted by molar-refractivity contribution is 0.0661. The minimum atomic E-state index is 0.0758. The van der Waals surface area contributed by atoms with Crippen LogP contribution in [-0.2, 0) is 0 Å². The van der Waals surface area contributed by atoms with E-state index in [9.17, 15) is 4.79 Å². The molecule has 4 nitrogen and oxygen atoms in total. The van der Waals surface area contributed by atoms with Crippen LogP contribution >= 0.6 is 0 Å². The topological polar surface area (TPSA) is 45.5 Å². The highest BCUT2D eigenvalue weighted by Gasteiger charge is 2.30. The van der Waals surface area contributed by atoms with E-state index in [1.165, 1.54) is 12.5 Å². The molecule has 0 bridgehead atoms. The van der Waals surface area contributed by atoms with Crippen molar-refractivity contribution >= 4 is 5.91 Å². The lowest BCUT2D eigenvalue weighted by Gasteiger charge is -2.39. The van der Waals surface area contributed by atoms with Crippen molar-refractivity contribution in [2.75, 3.05) is 20.1 Å². The molecule has 0 aliphatic carbocycles. The lowest BCUT2D eigenvalue weighted by Crippen LogP contribution is -2.51. The van der Waals surface area contributed by atoms with Crippen molar-refractivity contribution in [2.45, 2.75) is 25.3 Å². The van der Waals surface area contributed by atoms with E-state index in [2.05, 4.69) is 12.2 Å². The van der Waals surface area contributed by atoms with Crippen LogP contribution < -0.4 is 5.32 Å². The van der Waals surface area contributed by atoms with Crippen molar-refractivity contribution < 1.29 is 9.21 Å². The predicted molar refractivity (Wildman–Crippen MR) is 61.3 cm³/mol. The highest BCUT2D eigenvalue weighted by Crippen LogP contribution is 2.22. The van der Waals surface area contributed by atoms with E-state index in [0.29, 0.717) is 5.56 Å². The van der Waals surface area contributed by atoms with Gasteiger partial charge in [-0.3, -0.25) is 4.79 Å². The molecule has 1 N–H and O–H groups in total. The summed E-state index contributed by atoms with van der Waals surface area (Å²) in [7, 11) is 1.98. The molecule has 0 aromatic carbocycles. The van der Waals surface area contributed by atoms with Crippen LogP contribution in [0.25, 0.3) is 0 Å². The maximum atomic E-state index is 12.0. The summed E-state index contributed by atoms with van der Waals surface area (Å²) in [6.07, 6.45) is 5.03. The van der Waals surface area contributed by atoms with Gasteiger partial charge in [-0.1, -0.05) is 0 Å². The van der Waals surface area contributed by atoms with Gasteiger partial charge in [-0.25, -0.2) is 0 Å². The second-order valence-corrected chi connectivity index (χ2v) is 4.61. The Morgan fingerprint density at radius 1 is 1.50 bits per heavy atom. The molecule has 88 valence electrons. The monoisotopic (exact) mass is 222 g/mol. The van der Waals surface area contributed by atoms with Gasteiger partial charge in [0.05, 0.1) is 11.8 Å². The number of rotatable bonds is 2. The van der Waals surface area contributed by atoms with Gasteiger partial charge in [0.15, 0.2) is 0 Å². The molecule has 0 spiro atoms. The molecule has 4 heteroatoms. The van der Waals surface area contributed by atoms with Gasteiger partial charge in [0.1, 0.15) is 6.26 Å². The van der Waals surface area contributed by atoms with Crippen molar-refractivity contribution in [3.63, 3.8) is 0 Å². The Balaban J connectivity index is 1.97. The smallest absolute Gasteiger partial charge is 0.257 e. The molecule has 1 aromatic rings. The first-order valence-electron chi connectivity index (χ1n) is 5.65. The van der Waals surface area contributed by atoms with E-state index in [1.54, 1.807) is 6.07 Å². The van der Waals surface area contributed by atoms with Crippen molar-refractivity contribution in [2.24, 2.45) is 0 Å². The number of piperidine rings is 1. The van der Waals surface area contributed by atoms with Crippen LogP contribution in [0.3, 0.4) is 0 Å². The summed E-state index contributed by atoms with van der Waals surface area (Å²) in [6, 6.07) is 1.72. The molecule has 2 rings (SSSR count). The van der Waals surface area contributed by atoms with Crippen molar-refractivity contribution in [1.82, 2.24) is 10.2 Å². The summed E-state index contributed by atoms with van der Waals surface area (Å²) in [5.74, 6) is 0.0758.